The standard InChI is InChI=1S/C13H17FO3/c1-16-8-9-5-10(14)6-12(17-2)11(9)7-13(15)3-4-13/h5-6,15H,3-4,7-8H2,1-2H3. The van der Waals surface area contributed by atoms with Crippen molar-refractivity contribution in [1.29, 1.82) is 0 Å². The molecule has 0 bridgehead atoms. The second-order valence-corrected chi connectivity index (χ2v) is 4.58. The fourth-order valence-electron chi connectivity index (χ4n) is 1.98. The number of ether oxygens (including phenoxy) is 2. The van der Waals surface area contributed by atoms with Gasteiger partial charge in [0.25, 0.3) is 0 Å². The highest BCUT2D eigenvalue weighted by Gasteiger charge is 2.41. The van der Waals surface area contributed by atoms with Gasteiger partial charge in [-0.1, -0.05) is 0 Å². The molecule has 0 unspecified atom stereocenters. The van der Waals surface area contributed by atoms with Gasteiger partial charge in [0.15, 0.2) is 0 Å². The van der Waals surface area contributed by atoms with Crippen LogP contribution in [0.25, 0.3) is 0 Å². The van der Waals surface area contributed by atoms with Crippen LogP contribution in [0.5, 0.6) is 5.75 Å². The number of halogens is 1. The van der Waals surface area contributed by atoms with E-state index in [0.717, 1.165) is 24.0 Å². The second-order valence-electron chi connectivity index (χ2n) is 4.58. The lowest BCUT2D eigenvalue weighted by molar-refractivity contribution is 0.147. The number of methoxy groups -OCH3 is 2. The largest absolute Gasteiger partial charge is 0.496 e. The van der Waals surface area contributed by atoms with Gasteiger partial charge in [-0.15, -0.1) is 0 Å². The molecule has 0 amide bonds. The van der Waals surface area contributed by atoms with E-state index in [4.69, 9.17) is 9.47 Å². The molecule has 0 spiro atoms. The summed E-state index contributed by atoms with van der Waals surface area (Å²) in [5.74, 6) is 0.137. The smallest absolute Gasteiger partial charge is 0.127 e. The molecule has 1 fully saturated rings. The summed E-state index contributed by atoms with van der Waals surface area (Å²) in [6, 6.07) is 2.79. The Bertz CT molecular complexity index is 413. The quantitative estimate of drug-likeness (QED) is 0.856. The van der Waals surface area contributed by atoms with Crippen LogP contribution in [0, 0.1) is 5.82 Å². The van der Waals surface area contributed by atoms with Crippen molar-refractivity contribution in [3.8, 4) is 5.75 Å². The summed E-state index contributed by atoms with van der Waals surface area (Å²) in [5.41, 5.74) is 0.952. The zero-order valence-corrected chi connectivity index (χ0v) is 10.1. The third-order valence-electron chi connectivity index (χ3n) is 3.12. The topological polar surface area (TPSA) is 38.7 Å². The van der Waals surface area contributed by atoms with E-state index in [2.05, 4.69) is 0 Å². The van der Waals surface area contributed by atoms with E-state index >= 15 is 0 Å². The van der Waals surface area contributed by atoms with E-state index in [-0.39, 0.29) is 5.82 Å². The van der Waals surface area contributed by atoms with Crippen LogP contribution in [-0.4, -0.2) is 24.9 Å². The Morgan fingerprint density at radius 2 is 2.06 bits per heavy atom. The molecule has 1 aliphatic rings. The number of aliphatic hydroxyl groups is 1. The highest BCUT2D eigenvalue weighted by atomic mass is 19.1. The SMILES string of the molecule is COCc1cc(F)cc(OC)c1CC1(O)CC1. The molecule has 0 radical (unpaired) electrons. The Balaban J connectivity index is 2.36. The summed E-state index contributed by atoms with van der Waals surface area (Å²) in [5, 5.41) is 9.97. The first-order valence-corrected chi connectivity index (χ1v) is 5.64. The van der Waals surface area contributed by atoms with E-state index in [1.54, 1.807) is 7.11 Å². The molecule has 17 heavy (non-hydrogen) atoms. The molecule has 1 saturated carbocycles. The molecule has 0 saturated heterocycles. The molecular weight excluding hydrogens is 223 g/mol. The molecule has 1 aromatic rings. The highest BCUT2D eigenvalue weighted by Crippen LogP contribution is 2.41. The Kier molecular flexibility index (Phi) is 3.35. The van der Waals surface area contributed by atoms with Crippen molar-refractivity contribution in [3.05, 3.63) is 29.1 Å². The number of hydrogen-bond acceptors (Lipinski definition) is 3. The van der Waals surface area contributed by atoms with Gasteiger partial charge in [0.1, 0.15) is 11.6 Å². The molecule has 1 aliphatic carbocycles. The van der Waals surface area contributed by atoms with Crippen molar-refractivity contribution < 1.29 is 19.0 Å². The minimum atomic E-state index is -0.631. The normalized spacial score (nSPS) is 16.9. The van der Waals surface area contributed by atoms with Crippen molar-refractivity contribution in [3.63, 3.8) is 0 Å². The van der Waals surface area contributed by atoms with Crippen molar-refractivity contribution >= 4 is 0 Å². The van der Waals surface area contributed by atoms with E-state index in [1.807, 2.05) is 0 Å². The van der Waals surface area contributed by atoms with Crippen LogP contribution in [0.3, 0.4) is 0 Å². The molecule has 4 heteroatoms. The molecule has 94 valence electrons. The number of hydrogen-bond donors (Lipinski definition) is 1. The Morgan fingerprint density at radius 3 is 2.59 bits per heavy atom. The number of benzene rings is 1. The minimum Gasteiger partial charge on any atom is -0.496 e. The van der Waals surface area contributed by atoms with Gasteiger partial charge in [-0.25, -0.2) is 4.39 Å². The maximum absolute atomic E-state index is 13.4. The lowest BCUT2D eigenvalue weighted by atomic mass is 9.99. The van der Waals surface area contributed by atoms with E-state index in [1.165, 1.54) is 19.2 Å². The maximum Gasteiger partial charge on any atom is 0.127 e. The predicted molar refractivity (Wildman–Crippen MR) is 61.6 cm³/mol. The fraction of sp³-hybridized carbons (Fsp3) is 0.538. The first-order valence-electron chi connectivity index (χ1n) is 5.64. The molecule has 0 aromatic heterocycles. The molecular formula is C13H17FO3. The van der Waals surface area contributed by atoms with Gasteiger partial charge in [-0.2, -0.15) is 0 Å². The van der Waals surface area contributed by atoms with E-state index in [9.17, 15) is 9.50 Å². The van der Waals surface area contributed by atoms with Gasteiger partial charge in [-0.05, 0) is 24.5 Å². The number of rotatable bonds is 5. The maximum atomic E-state index is 13.4. The Hall–Kier alpha value is -1.13. The fourth-order valence-corrected chi connectivity index (χ4v) is 1.98. The summed E-state index contributed by atoms with van der Waals surface area (Å²) in [7, 11) is 3.07. The first kappa shape index (κ1) is 12.3. The summed E-state index contributed by atoms with van der Waals surface area (Å²) in [6.45, 7) is 0.319. The van der Waals surface area contributed by atoms with Crippen LogP contribution in [0.2, 0.25) is 0 Å². The zero-order chi connectivity index (χ0) is 12.5. The third-order valence-corrected chi connectivity index (χ3v) is 3.12. The van der Waals surface area contributed by atoms with Crippen molar-refractivity contribution in [2.75, 3.05) is 14.2 Å². The monoisotopic (exact) mass is 240 g/mol. The van der Waals surface area contributed by atoms with Crippen molar-refractivity contribution in [2.45, 2.75) is 31.5 Å². The zero-order valence-electron chi connectivity index (χ0n) is 10.1. The summed E-state index contributed by atoms with van der Waals surface area (Å²) >= 11 is 0. The molecule has 2 rings (SSSR count). The van der Waals surface area contributed by atoms with E-state index < -0.39 is 5.60 Å². The highest BCUT2D eigenvalue weighted by molar-refractivity contribution is 5.42. The third kappa shape index (κ3) is 2.76. The van der Waals surface area contributed by atoms with Crippen LogP contribution in [0.15, 0.2) is 12.1 Å². The molecule has 0 heterocycles. The van der Waals surface area contributed by atoms with Gasteiger partial charge in [0, 0.05) is 25.2 Å². The lowest BCUT2D eigenvalue weighted by Crippen LogP contribution is -2.14. The average molecular weight is 240 g/mol. The molecule has 3 nitrogen and oxygen atoms in total. The van der Waals surface area contributed by atoms with Gasteiger partial charge in [0.05, 0.1) is 19.3 Å². The predicted octanol–water partition coefficient (Wildman–Crippen LogP) is 2.05. The van der Waals surface area contributed by atoms with Gasteiger partial charge < -0.3 is 14.6 Å². The Labute approximate surface area is 100 Å². The minimum absolute atomic E-state index is 0.319. The van der Waals surface area contributed by atoms with E-state index in [0.29, 0.717) is 18.8 Å². The summed E-state index contributed by atoms with van der Waals surface area (Å²) in [4.78, 5) is 0. The molecule has 0 aliphatic heterocycles. The van der Waals surface area contributed by atoms with Gasteiger partial charge in [-0.3, -0.25) is 0 Å². The summed E-state index contributed by atoms with van der Waals surface area (Å²) < 4.78 is 23.6. The van der Waals surface area contributed by atoms with Crippen LogP contribution in [0.4, 0.5) is 4.39 Å². The first-order chi connectivity index (χ1) is 8.08. The lowest BCUT2D eigenvalue weighted by Gasteiger charge is -2.16. The van der Waals surface area contributed by atoms with Crippen LogP contribution in [0.1, 0.15) is 24.0 Å². The summed E-state index contributed by atoms with van der Waals surface area (Å²) in [6.07, 6.45) is 2.08. The average Bonchev–Trinajstić information content (AvgIpc) is 3.00. The van der Waals surface area contributed by atoms with Crippen molar-refractivity contribution in [2.24, 2.45) is 0 Å². The molecule has 0 atom stereocenters. The second kappa shape index (κ2) is 4.63. The molecule has 1 aromatic carbocycles. The van der Waals surface area contributed by atoms with Gasteiger partial charge >= 0.3 is 0 Å². The Morgan fingerprint density at radius 1 is 1.35 bits per heavy atom. The van der Waals surface area contributed by atoms with Crippen molar-refractivity contribution in [1.82, 2.24) is 0 Å². The van der Waals surface area contributed by atoms with Crippen LogP contribution < -0.4 is 4.74 Å². The van der Waals surface area contributed by atoms with Gasteiger partial charge in [0.2, 0.25) is 0 Å². The van der Waals surface area contributed by atoms with Crippen LogP contribution >= 0.6 is 0 Å². The van der Waals surface area contributed by atoms with Crippen LogP contribution in [-0.2, 0) is 17.8 Å². The molecule has 1 N–H and O–H groups in total.